The van der Waals surface area contributed by atoms with Gasteiger partial charge in [0.25, 0.3) is 5.91 Å². The molecule has 2 aromatic rings. The molecule has 3 amide bonds. The van der Waals surface area contributed by atoms with Crippen molar-refractivity contribution in [3.63, 3.8) is 0 Å². The maximum absolute atomic E-state index is 12.9. The summed E-state index contributed by atoms with van der Waals surface area (Å²) in [5.74, 6) is -0.800. The maximum atomic E-state index is 12.9. The van der Waals surface area contributed by atoms with Crippen molar-refractivity contribution in [2.24, 2.45) is 0 Å². The quantitative estimate of drug-likeness (QED) is 0.593. The van der Waals surface area contributed by atoms with Gasteiger partial charge in [-0.25, -0.2) is 4.39 Å². The Morgan fingerprint density at radius 1 is 0.969 bits per heavy atom. The summed E-state index contributed by atoms with van der Waals surface area (Å²) in [4.78, 5) is 40.4. The van der Waals surface area contributed by atoms with Crippen molar-refractivity contribution >= 4 is 35.0 Å². The SMILES string of the molecule is O=C(CN1CCN(C(=O)CCCNC(=O)c2ccc(F)cc2)CC1)Nc1ccccc1Cl. The first-order chi connectivity index (χ1) is 15.4. The molecule has 32 heavy (non-hydrogen) atoms. The molecule has 0 aromatic heterocycles. The molecule has 3 rings (SSSR count). The Hall–Kier alpha value is -2.97. The van der Waals surface area contributed by atoms with Crippen LogP contribution in [-0.4, -0.2) is 66.8 Å². The lowest BCUT2D eigenvalue weighted by Crippen LogP contribution is -2.50. The smallest absolute Gasteiger partial charge is 0.251 e. The van der Waals surface area contributed by atoms with E-state index in [1.165, 1.54) is 24.3 Å². The first kappa shape index (κ1) is 23.7. The maximum Gasteiger partial charge on any atom is 0.251 e. The number of nitrogens with one attached hydrogen (secondary N) is 2. The third-order valence-corrected chi connectivity index (χ3v) is 5.53. The van der Waals surface area contributed by atoms with Crippen molar-refractivity contribution in [3.8, 4) is 0 Å². The third-order valence-electron chi connectivity index (χ3n) is 5.20. The largest absolute Gasteiger partial charge is 0.352 e. The summed E-state index contributed by atoms with van der Waals surface area (Å²) in [6.07, 6.45) is 0.850. The number of benzene rings is 2. The van der Waals surface area contributed by atoms with E-state index >= 15 is 0 Å². The Bertz CT molecular complexity index is 947. The third kappa shape index (κ3) is 7.03. The molecule has 0 radical (unpaired) electrons. The van der Waals surface area contributed by atoms with Gasteiger partial charge in [0.05, 0.1) is 17.3 Å². The number of para-hydroxylation sites is 1. The Morgan fingerprint density at radius 3 is 2.34 bits per heavy atom. The summed E-state index contributed by atoms with van der Waals surface area (Å²) in [5, 5.41) is 6.03. The van der Waals surface area contributed by atoms with Gasteiger partial charge in [-0.1, -0.05) is 23.7 Å². The zero-order valence-corrected chi connectivity index (χ0v) is 18.4. The Morgan fingerprint density at radius 2 is 1.66 bits per heavy atom. The molecule has 0 spiro atoms. The van der Waals surface area contributed by atoms with Crippen LogP contribution in [0.1, 0.15) is 23.2 Å². The predicted octanol–water partition coefficient (Wildman–Crippen LogP) is 2.77. The van der Waals surface area contributed by atoms with Crippen LogP contribution in [0.15, 0.2) is 48.5 Å². The second-order valence-electron chi connectivity index (χ2n) is 7.55. The molecule has 7 nitrogen and oxygen atoms in total. The van der Waals surface area contributed by atoms with E-state index in [0.29, 0.717) is 61.8 Å². The number of amides is 3. The van der Waals surface area contributed by atoms with E-state index in [-0.39, 0.29) is 24.3 Å². The summed E-state index contributed by atoms with van der Waals surface area (Å²) in [5.41, 5.74) is 0.965. The number of carbonyl (C=O) groups is 3. The van der Waals surface area contributed by atoms with E-state index < -0.39 is 5.82 Å². The highest BCUT2D eigenvalue weighted by Crippen LogP contribution is 2.20. The van der Waals surface area contributed by atoms with Crippen LogP contribution in [-0.2, 0) is 9.59 Å². The number of carbonyl (C=O) groups excluding carboxylic acids is 3. The normalized spacial score (nSPS) is 14.1. The Balaban J connectivity index is 1.32. The minimum Gasteiger partial charge on any atom is -0.352 e. The molecule has 9 heteroatoms. The van der Waals surface area contributed by atoms with Gasteiger partial charge in [-0.05, 0) is 42.8 Å². The Kier molecular flexibility index (Phi) is 8.58. The molecule has 0 unspecified atom stereocenters. The molecular weight excluding hydrogens is 435 g/mol. The van der Waals surface area contributed by atoms with Crippen molar-refractivity contribution in [1.29, 1.82) is 0 Å². The lowest BCUT2D eigenvalue weighted by molar-refractivity contribution is -0.133. The standard InChI is InChI=1S/C23H26ClFN4O3/c24-19-4-1-2-5-20(19)27-21(30)16-28-12-14-29(15-13-28)22(31)6-3-11-26-23(32)17-7-9-18(25)10-8-17/h1-2,4-5,7-10H,3,6,11-16H2,(H,26,32)(H,27,30). The van der Waals surface area contributed by atoms with Gasteiger partial charge in [-0.15, -0.1) is 0 Å². The fourth-order valence-electron chi connectivity index (χ4n) is 3.41. The molecule has 0 bridgehead atoms. The topological polar surface area (TPSA) is 81.8 Å². The van der Waals surface area contributed by atoms with Crippen molar-refractivity contribution < 1.29 is 18.8 Å². The van der Waals surface area contributed by atoms with Gasteiger partial charge in [0, 0.05) is 44.7 Å². The molecule has 1 aliphatic heterocycles. The minimum absolute atomic E-state index is 0.0289. The lowest BCUT2D eigenvalue weighted by atomic mass is 10.2. The van der Waals surface area contributed by atoms with Crippen LogP contribution < -0.4 is 10.6 Å². The minimum atomic E-state index is -0.395. The molecule has 0 aliphatic carbocycles. The first-order valence-electron chi connectivity index (χ1n) is 10.5. The molecule has 1 aliphatic rings. The highest BCUT2D eigenvalue weighted by molar-refractivity contribution is 6.33. The number of rotatable bonds is 8. The number of piperazine rings is 1. The average molecular weight is 461 g/mol. The molecule has 0 saturated carbocycles. The summed E-state index contributed by atoms with van der Waals surface area (Å²) < 4.78 is 12.9. The number of nitrogens with zero attached hydrogens (tertiary/aromatic N) is 2. The van der Waals surface area contributed by atoms with Gasteiger partial charge >= 0.3 is 0 Å². The second-order valence-corrected chi connectivity index (χ2v) is 7.96. The highest BCUT2D eigenvalue weighted by Gasteiger charge is 2.22. The molecule has 0 atom stereocenters. The van der Waals surface area contributed by atoms with E-state index in [1.807, 2.05) is 4.90 Å². The highest BCUT2D eigenvalue weighted by atomic mass is 35.5. The van der Waals surface area contributed by atoms with Crippen molar-refractivity contribution in [2.45, 2.75) is 12.8 Å². The van der Waals surface area contributed by atoms with E-state index in [4.69, 9.17) is 11.6 Å². The van der Waals surface area contributed by atoms with Gasteiger partial charge in [-0.2, -0.15) is 0 Å². The summed E-state index contributed by atoms with van der Waals surface area (Å²) >= 11 is 6.06. The van der Waals surface area contributed by atoms with Crippen LogP contribution >= 0.6 is 11.6 Å². The Labute approximate surface area is 191 Å². The molecule has 2 N–H and O–H groups in total. The number of hydrogen-bond acceptors (Lipinski definition) is 4. The van der Waals surface area contributed by atoms with Gasteiger partial charge in [0.2, 0.25) is 11.8 Å². The van der Waals surface area contributed by atoms with Crippen LogP contribution in [0.2, 0.25) is 5.02 Å². The summed E-state index contributed by atoms with van der Waals surface area (Å²) in [7, 11) is 0. The van der Waals surface area contributed by atoms with Gasteiger partial charge in [0.1, 0.15) is 5.82 Å². The van der Waals surface area contributed by atoms with E-state index in [2.05, 4.69) is 10.6 Å². The monoisotopic (exact) mass is 460 g/mol. The second kappa shape index (κ2) is 11.6. The van der Waals surface area contributed by atoms with Crippen molar-refractivity contribution in [2.75, 3.05) is 44.6 Å². The van der Waals surface area contributed by atoms with E-state index in [9.17, 15) is 18.8 Å². The molecular formula is C23H26ClFN4O3. The van der Waals surface area contributed by atoms with Crippen LogP contribution in [0.3, 0.4) is 0 Å². The number of hydrogen-bond donors (Lipinski definition) is 2. The van der Waals surface area contributed by atoms with Crippen molar-refractivity contribution in [3.05, 3.63) is 64.9 Å². The number of halogens is 2. The van der Waals surface area contributed by atoms with Crippen molar-refractivity contribution in [1.82, 2.24) is 15.1 Å². The van der Waals surface area contributed by atoms with Gasteiger partial charge in [-0.3, -0.25) is 19.3 Å². The van der Waals surface area contributed by atoms with Crippen LogP contribution in [0.4, 0.5) is 10.1 Å². The first-order valence-corrected chi connectivity index (χ1v) is 10.9. The molecule has 2 aromatic carbocycles. The average Bonchev–Trinajstić information content (AvgIpc) is 2.79. The van der Waals surface area contributed by atoms with E-state index in [1.54, 1.807) is 29.2 Å². The van der Waals surface area contributed by atoms with Crippen LogP contribution in [0.5, 0.6) is 0 Å². The molecule has 1 heterocycles. The van der Waals surface area contributed by atoms with Gasteiger partial charge in [0.15, 0.2) is 0 Å². The fourth-order valence-corrected chi connectivity index (χ4v) is 3.60. The fraction of sp³-hybridized carbons (Fsp3) is 0.348. The molecule has 170 valence electrons. The number of anilines is 1. The molecule has 1 saturated heterocycles. The lowest BCUT2D eigenvalue weighted by Gasteiger charge is -2.34. The van der Waals surface area contributed by atoms with Crippen LogP contribution in [0, 0.1) is 5.82 Å². The van der Waals surface area contributed by atoms with Gasteiger partial charge < -0.3 is 15.5 Å². The zero-order valence-electron chi connectivity index (χ0n) is 17.7. The summed E-state index contributed by atoms with van der Waals surface area (Å²) in [6, 6.07) is 12.4. The predicted molar refractivity (Wildman–Crippen MR) is 121 cm³/mol. The van der Waals surface area contributed by atoms with E-state index in [0.717, 1.165) is 0 Å². The van der Waals surface area contributed by atoms with Crippen LogP contribution in [0.25, 0.3) is 0 Å². The molecule has 1 fully saturated rings. The summed E-state index contributed by atoms with van der Waals surface area (Å²) in [6.45, 7) is 2.94. The zero-order chi connectivity index (χ0) is 22.9.